The first-order valence-electron chi connectivity index (χ1n) is 3.08. The SMILES string of the molecule is CCCC(I)C(C)N. The molecule has 2 N–H and O–H groups in total. The van der Waals surface area contributed by atoms with Crippen molar-refractivity contribution in [3.8, 4) is 0 Å². The second kappa shape index (κ2) is 4.56. The Morgan fingerprint density at radius 3 is 2.25 bits per heavy atom. The molecular weight excluding hydrogens is 213 g/mol. The van der Waals surface area contributed by atoms with Gasteiger partial charge in [0.15, 0.2) is 0 Å². The summed E-state index contributed by atoms with van der Waals surface area (Å²) in [6.07, 6.45) is 2.49. The number of hydrogen-bond donors (Lipinski definition) is 1. The summed E-state index contributed by atoms with van der Waals surface area (Å²) in [5, 5.41) is 0. The lowest BCUT2D eigenvalue weighted by Crippen LogP contribution is -2.26. The molecular formula is C6H14IN. The molecule has 0 aromatic heterocycles. The summed E-state index contributed by atoms with van der Waals surface area (Å²) >= 11 is 2.41. The van der Waals surface area contributed by atoms with E-state index in [1.54, 1.807) is 0 Å². The Bertz CT molecular complexity index is 54.5. The maximum atomic E-state index is 5.61. The van der Waals surface area contributed by atoms with Crippen LogP contribution in [0, 0.1) is 0 Å². The third-order valence-electron chi connectivity index (χ3n) is 1.13. The minimum Gasteiger partial charge on any atom is -0.327 e. The molecule has 0 amide bonds. The topological polar surface area (TPSA) is 26.0 Å². The first-order chi connectivity index (χ1) is 3.68. The van der Waals surface area contributed by atoms with Crippen molar-refractivity contribution in [1.82, 2.24) is 0 Å². The minimum atomic E-state index is 0.357. The highest BCUT2D eigenvalue weighted by atomic mass is 127. The molecule has 2 atom stereocenters. The first kappa shape index (κ1) is 8.69. The van der Waals surface area contributed by atoms with Crippen molar-refractivity contribution in [2.24, 2.45) is 5.73 Å². The molecule has 0 heterocycles. The maximum Gasteiger partial charge on any atom is 0.0258 e. The van der Waals surface area contributed by atoms with Crippen molar-refractivity contribution in [3.05, 3.63) is 0 Å². The van der Waals surface area contributed by atoms with Gasteiger partial charge in [-0.05, 0) is 13.3 Å². The van der Waals surface area contributed by atoms with Crippen LogP contribution < -0.4 is 5.73 Å². The molecule has 2 heteroatoms. The molecule has 0 rings (SSSR count). The van der Waals surface area contributed by atoms with Gasteiger partial charge in [0.2, 0.25) is 0 Å². The van der Waals surface area contributed by atoms with E-state index in [0.717, 1.165) is 0 Å². The minimum absolute atomic E-state index is 0.357. The highest BCUT2D eigenvalue weighted by molar-refractivity contribution is 14.1. The molecule has 50 valence electrons. The zero-order valence-corrected chi connectivity index (χ0v) is 7.68. The van der Waals surface area contributed by atoms with Gasteiger partial charge >= 0.3 is 0 Å². The maximum absolute atomic E-state index is 5.61. The molecule has 0 aliphatic rings. The van der Waals surface area contributed by atoms with E-state index in [1.165, 1.54) is 12.8 Å². The number of halogens is 1. The highest BCUT2D eigenvalue weighted by Gasteiger charge is 2.05. The van der Waals surface area contributed by atoms with Gasteiger partial charge in [-0.1, -0.05) is 35.9 Å². The van der Waals surface area contributed by atoms with Gasteiger partial charge in [-0.2, -0.15) is 0 Å². The predicted molar refractivity (Wildman–Crippen MR) is 46.4 cm³/mol. The first-order valence-corrected chi connectivity index (χ1v) is 4.32. The molecule has 0 aromatic carbocycles. The lowest BCUT2D eigenvalue weighted by atomic mass is 10.2. The second-order valence-corrected chi connectivity index (χ2v) is 3.76. The summed E-state index contributed by atoms with van der Waals surface area (Å²) in [5.74, 6) is 0. The molecule has 0 aliphatic carbocycles. The van der Waals surface area contributed by atoms with Crippen molar-refractivity contribution in [3.63, 3.8) is 0 Å². The van der Waals surface area contributed by atoms with Crippen molar-refractivity contribution in [1.29, 1.82) is 0 Å². The molecule has 0 saturated carbocycles. The average Bonchev–Trinajstić information content (AvgIpc) is 1.67. The van der Waals surface area contributed by atoms with E-state index >= 15 is 0 Å². The number of rotatable bonds is 3. The molecule has 0 spiro atoms. The lowest BCUT2D eigenvalue weighted by molar-refractivity contribution is 0.652. The molecule has 2 unspecified atom stereocenters. The molecule has 1 nitrogen and oxygen atoms in total. The fourth-order valence-corrected chi connectivity index (χ4v) is 1.16. The monoisotopic (exact) mass is 227 g/mol. The predicted octanol–water partition coefficient (Wildman–Crippen LogP) is 1.94. The van der Waals surface area contributed by atoms with Crippen LogP contribution in [0.25, 0.3) is 0 Å². The van der Waals surface area contributed by atoms with Crippen LogP contribution in [0.2, 0.25) is 0 Å². The van der Waals surface area contributed by atoms with Gasteiger partial charge in [-0.15, -0.1) is 0 Å². The van der Waals surface area contributed by atoms with Crippen LogP contribution in [0.4, 0.5) is 0 Å². The van der Waals surface area contributed by atoms with Crippen LogP contribution in [-0.2, 0) is 0 Å². The highest BCUT2D eigenvalue weighted by Crippen LogP contribution is 2.10. The van der Waals surface area contributed by atoms with E-state index in [-0.39, 0.29) is 0 Å². The van der Waals surface area contributed by atoms with Gasteiger partial charge in [0, 0.05) is 9.97 Å². The van der Waals surface area contributed by atoms with E-state index in [9.17, 15) is 0 Å². The summed E-state index contributed by atoms with van der Waals surface area (Å²) in [6.45, 7) is 4.25. The van der Waals surface area contributed by atoms with Crippen molar-refractivity contribution < 1.29 is 0 Å². The third kappa shape index (κ3) is 3.66. The Morgan fingerprint density at radius 1 is 1.62 bits per heavy atom. The van der Waals surface area contributed by atoms with Crippen LogP contribution in [0.1, 0.15) is 26.7 Å². The third-order valence-corrected chi connectivity index (χ3v) is 2.89. The average molecular weight is 227 g/mol. The standard InChI is InChI=1S/C6H14IN/c1-3-4-6(7)5(2)8/h5-6H,3-4,8H2,1-2H3. The summed E-state index contributed by atoms with van der Waals surface area (Å²) < 4.78 is 0.664. The fraction of sp³-hybridized carbons (Fsp3) is 1.00. The molecule has 0 aliphatic heterocycles. The Balaban J connectivity index is 3.17. The number of nitrogens with two attached hydrogens (primary N) is 1. The van der Waals surface area contributed by atoms with Gasteiger partial charge in [-0.3, -0.25) is 0 Å². The van der Waals surface area contributed by atoms with Gasteiger partial charge in [0.05, 0.1) is 0 Å². The molecule has 0 radical (unpaired) electrons. The van der Waals surface area contributed by atoms with E-state index < -0.39 is 0 Å². The van der Waals surface area contributed by atoms with Crippen LogP contribution >= 0.6 is 22.6 Å². The van der Waals surface area contributed by atoms with Gasteiger partial charge < -0.3 is 5.73 Å². The summed E-state index contributed by atoms with van der Waals surface area (Å²) in [5.41, 5.74) is 5.61. The fourth-order valence-electron chi connectivity index (χ4n) is 0.539. The zero-order chi connectivity index (χ0) is 6.57. The smallest absolute Gasteiger partial charge is 0.0258 e. The number of alkyl halides is 1. The molecule has 0 bridgehead atoms. The van der Waals surface area contributed by atoms with Crippen LogP contribution in [0.5, 0.6) is 0 Å². The van der Waals surface area contributed by atoms with Crippen molar-refractivity contribution in [2.45, 2.75) is 36.7 Å². The van der Waals surface area contributed by atoms with E-state index in [1.807, 2.05) is 0 Å². The van der Waals surface area contributed by atoms with Crippen LogP contribution in [-0.4, -0.2) is 9.97 Å². The molecule has 0 fully saturated rings. The van der Waals surface area contributed by atoms with E-state index in [4.69, 9.17) is 5.73 Å². The summed E-state index contributed by atoms with van der Waals surface area (Å²) in [7, 11) is 0. The van der Waals surface area contributed by atoms with Gasteiger partial charge in [0.1, 0.15) is 0 Å². The summed E-state index contributed by atoms with van der Waals surface area (Å²) in [6, 6.07) is 0.357. The van der Waals surface area contributed by atoms with Crippen molar-refractivity contribution >= 4 is 22.6 Å². The molecule has 0 aromatic rings. The quantitative estimate of drug-likeness (QED) is 0.578. The zero-order valence-electron chi connectivity index (χ0n) is 5.52. The molecule has 8 heavy (non-hydrogen) atoms. The Hall–Kier alpha value is 0.690. The lowest BCUT2D eigenvalue weighted by Gasteiger charge is -2.10. The van der Waals surface area contributed by atoms with Crippen LogP contribution in [0.3, 0.4) is 0 Å². The normalized spacial score (nSPS) is 18.0. The number of hydrogen-bond acceptors (Lipinski definition) is 1. The van der Waals surface area contributed by atoms with Gasteiger partial charge in [-0.25, -0.2) is 0 Å². The Morgan fingerprint density at radius 2 is 2.12 bits per heavy atom. The van der Waals surface area contributed by atoms with Crippen LogP contribution in [0.15, 0.2) is 0 Å². The molecule has 0 saturated heterocycles. The second-order valence-electron chi connectivity index (χ2n) is 2.16. The van der Waals surface area contributed by atoms with Crippen molar-refractivity contribution in [2.75, 3.05) is 0 Å². The van der Waals surface area contributed by atoms with E-state index in [0.29, 0.717) is 9.97 Å². The Kier molecular flexibility index (Phi) is 4.95. The summed E-state index contributed by atoms with van der Waals surface area (Å²) in [4.78, 5) is 0. The van der Waals surface area contributed by atoms with E-state index in [2.05, 4.69) is 36.4 Å². The Labute approximate surface area is 65.2 Å². The largest absolute Gasteiger partial charge is 0.327 e. The van der Waals surface area contributed by atoms with Gasteiger partial charge in [0.25, 0.3) is 0 Å².